The van der Waals surface area contributed by atoms with Crippen molar-refractivity contribution >= 4 is 0 Å². The summed E-state index contributed by atoms with van der Waals surface area (Å²) in [6, 6.07) is 23.6. The summed E-state index contributed by atoms with van der Waals surface area (Å²) in [5.74, 6) is 2.75. The zero-order valence-electron chi connectivity index (χ0n) is 27.5. The Labute approximate surface area is 263 Å². The summed E-state index contributed by atoms with van der Waals surface area (Å²) in [4.78, 5) is 0. The second-order valence-electron chi connectivity index (χ2n) is 11.9. The van der Waals surface area contributed by atoms with E-state index in [1.54, 1.807) is 0 Å². The molecule has 3 aromatic rings. The Morgan fingerprint density at radius 1 is 0.372 bits per heavy atom. The smallest absolute Gasteiger partial charge is 0.130 e. The maximum absolute atomic E-state index is 6.40. The lowest BCUT2D eigenvalue weighted by Crippen LogP contribution is -2.01. The third kappa shape index (κ3) is 13.5. The molecule has 0 spiro atoms. The summed E-state index contributed by atoms with van der Waals surface area (Å²) < 4.78 is 18.3. The predicted molar refractivity (Wildman–Crippen MR) is 185 cm³/mol. The lowest BCUT2D eigenvalue weighted by Gasteiger charge is -2.15. The fraction of sp³-hybridized carbons (Fsp3) is 0.550. The molecule has 0 bridgehead atoms. The maximum atomic E-state index is 6.40. The molecule has 0 saturated heterocycles. The average Bonchev–Trinajstić information content (AvgIpc) is 3.04. The van der Waals surface area contributed by atoms with Crippen LogP contribution in [0.2, 0.25) is 0 Å². The highest BCUT2D eigenvalue weighted by atomic mass is 16.5. The van der Waals surface area contributed by atoms with Gasteiger partial charge in [-0.1, -0.05) is 141 Å². The molecular formula is C40H58O3. The minimum absolute atomic E-state index is 0.741. The van der Waals surface area contributed by atoms with Crippen molar-refractivity contribution in [1.82, 2.24) is 0 Å². The van der Waals surface area contributed by atoms with Crippen LogP contribution in [-0.2, 0) is 0 Å². The van der Waals surface area contributed by atoms with Crippen LogP contribution in [0.3, 0.4) is 0 Å². The molecule has 3 aromatic carbocycles. The fourth-order valence-electron chi connectivity index (χ4n) is 5.36. The minimum atomic E-state index is 0.741. The predicted octanol–water partition coefficient (Wildman–Crippen LogP) is 12.5. The van der Waals surface area contributed by atoms with Crippen molar-refractivity contribution in [1.29, 1.82) is 0 Å². The molecule has 236 valence electrons. The van der Waals surface area contributed by atoms with Gasteiger partial charge < -0.3 is 14.2 Å². The van der Waals surface area contributed by atoms with Crippen LogP contribution in [0.5, 0.6) is 17.2 Å². The first-order chi connectivity index (χ1) is 21.2. The minimum Gasteiger partial charge on any atom is -0.494 e. The third-order valence-electron chi connectivity index (χ3n) is 8.13. The van der Waals surface area contributed by atoms with Crippen LogP contribution in [0.25, 0.3) is 22.3 Å². The van der Waals surface area contributed by atoms with Gasteiger partial charge in [-0.15, -0.1) is 0 Å². The van der Waals surface area contributed by atoms with Gasteiger partial charge in [0.15, 0.2) is 0 Å². The van der Waals surface area contributed by atoms with Crippen LogP contribution < -0.4 is 14.2 Å². The fourth-order valence-corrected chi connectivity index (χ4v) is 5.36. The molecule has 0 heterocycles. The van der Waals surface area contributed by atoms with Crippen molar-refractivity contribution in [3.05, 3.63) is 66.7 Å². The standard InChI is InChI=1S/C40H58O3/c1-4-7-10-11-12-13-14-15-16-17-19-32-43-40-33-38(42-30-9-6-3)28-29-39(40)36-22-20-34(21-23-36)35-24-26-37(27-25-35)41-31-18-8-5-2/h20-29,33H,4-19,30-32H2,1-3H3. The van der Waals surface area contributed by atoms with E-state index in [-0.39, 0.29) is 0 Å². The summed E-state index contributed by atoms with van der Waals surface area (Å²) in [6.45, 7) is 8.96. The van der Waals surface area contributed by atoms with Crippen molar-refractivity contribution in [2.24, 2.45) is 0 Å². The van der Waals surface area contributed by atoms with Crippen LogP contribution in [0, 0.1) is 0 Å². The molecule has 0 saturated carbocycles. The lowest BCUT2D eigenvalue weighted by molar-refractivity contribution is 0.292. The zero-order valence-corrected chi connectivity index (χ0v) is 27.5. The third-order valence-corrected chi connectivity index (χ3v) is 8.13. The van der Waals surface area contributed by atoms with Crippen molar-refractivity contribution in [2.75, 3.05) is 19.8 Å². The van der Waals surface area contributed by atoms with Crippen molar-refractivity contribution in [3.63, 3.8) is 0 Å². The van der Waals surface area contributed by atoms with E-state index in [2.05, 4.69) is 87.5 Å². The number of ether oxygens (including phenoxy) is 3. The molecule has 0 radical (unpaired) electrons. The number of hydrogen-bond acceptors (Lipinski definition) is 3. The van der Waals surface area contributed by atoms with Gasteiger partial charge in [-0.2, -0.15) is 0 Å². The monoisotopic (exact) mass is 586 g/mol. The quantitative estimate of drug-likeness (QED) is 0.0977. The van der Waals surface area contributed by atoms with E-state index < -0.39 is 0 Å². The summed E-state index contributed by atoms with van der Waals surface area (Å²) in [5, 5.41) is 0. The first-order valence-corrected chi connectivity index (χ1v) is 17.5. The van der Waals surface area contributed by atoms with Crippen LogP contribution in [0.15, 0.2) is 66.7 Å². The SMILES string of the molecule is CCCCCCCCCCCCCOc1cc(OCCCC)ccc1-c1ccc(-c2ccc(OCCCCC)cc2)cc1. The van der Waals surface area contributed by atoms with Gasteiger partial charge in [0.25, 0.3) is 0 Å². The van der Waals surface area contributed by atoms with Crippen LogP contribution >= 0.6 is 0 Å². The second kappa shape index (κ2) is 21.7. The molecule has 43 heavy (non-hydrogen) atoms. The first kappa shape index (κ1) is 34.5. The molecule has 3 rings (SSSR count). The highest BCUT2D eigenvalue weighted by molar-refractivity contribution is 5.75. The van der Waals surface area contributed by atoms with E-state index in [4.69, 9.17) is 14.2 Å². The van der Waals surface area contributed by atoms with Gasteiger partial charge in [0, 0.05) is 11.6 Å². The normalized spacial score (nSPS) is 11.0. The Balaban J connectivity index is 1.54. The van der Waals surface area contributed by atoms with Gasteiger partial charge in [0.05, 0.1) is 19.8 Å². The molecule has 0 atom stereocenters. The molecule has 0 aromatic heterocycles. The second-order valence-corrected chi connectivity index (χ2v) is 11.9. The molecule has 0 amide bonds. The number of rotatable bonds is 24. The van der Waals surface area contributed by atoms with Gasteiger partial charge in [0.2, 0.25) is 0 Å². The molecule has 0 unspecified atom stereocenters. The largest absolute Gasteiger partial charge is 0.494 e. The molecule has 0 aliphatic heterocycles. The molecule has 0 N–H and O–H groups in total. The van der Waals surface area contributed by atoms with Crippen LogP contribution in [-0.4, -0.2) is 19.8 Å². The highest BCUT2D eigenvalue weighted by Crippen LogP contribution is 2.35. The Kier molecular flexibility index (Phi) is 17.4. The topological polar surface area (TPSA) is 27.7 Å². The van der Waals surface area contributed by atoms with Gasteiger partial charge in [-0.05, 0) is 60.2 Å². The first-order valence-electron chi connectivity index (χ1n) is 17.5. The highest BCUT2D eigenvalue weighted by Gasteiger charge is 2.10. The molecule has 0 aliphatic rings. The van der Waals surface area contributed by atoms with Gasteiger partial charge >= 0.3 is 0 Å². The average molecular weight is 587 g/mol. The summed E-state index contributed by atoms with van der Waals surface area (Å²) in [6.07, 6.45) is 20.4. The van der Waals surface area contributed by atoms with Crippen molar-refractivity contribution in [3.8, 4) is 39.5 Å². The maximum Gasteiger partial charge on any atom is 0.130 e. The van der Waals surface area contributed by atoms with E-state index >= 15 is 0 Å². The molecular weight excluding hydrogens is 528 g/mol. The Bertz CT molecular complexity index is 1100. The van der Waals surface area contributed by atoms with E-state index in [9.17, 15) is 0 Å². The van der Waals surface area contributed by atoms with E-state index in [0.717, 1.165) is 73.9 Å². The van der Waals surface area contributed by atoms with E-state index in [0.29, 0.717) is 0 Å². The number of hydrogen-bond donors (Lipinski definition) is 0. The van der Waals surface area contributed by atoms with Crippen molar-refractivity contribution < 1.29 is 14.2 Å². The molecule has 3 heteroatoms. The number of unbranched alkanes of at least 4 members (excludes halogenated alkanes) is 13. The Hall–Kier alpha value is -2.94. The summed E-state index contributed by atoms with van der Waals surface area (Å²) in [7, 11) is 0. The molecule has 3 nitrogen and oxygen atoms in total. The van der Waals surface area contributed by atoms with Crippen molar-refractivity contribution in [2.45, 2.75) is 124 Å². The Morgan fingerprint density at radius 3 is 1.42 bits per heavy atom. The van der Waals surface area contributed by atoms with Crippen LogP contribution in [0.1, 0.15) is 124 Å². The molecule has 0 fully saturated rings. The Morgan fingerprint density at radius 2 is 0.791 bits per heavy atom. The van der Waals surface area contributed by atoms with Crippen LogP contribution in [0.4, 0.5) is 0 Å². The lowest BCUT2D eigenvalue weighted by atomic mass is 9.99. The van der Waals surface area contributed by atoms with Gasteiger partial charge in [0.1, 0.15) is 17.2 Å². The zero-order chi connectivity index (χ0) is 30.4. The van der Waals surface area contributed by atoms with Gasteiger partial charge in [-0.3, -0.25) is 0 Å². The number of benzene rings is 3. The van der Waals surface area contributed by atoms with E-state index in [1.807, 2.05) is 0 Å². The summed E-state index contributed by atoms with van der Waals surface area (Å²) in [5.41, 5.74) is 4.67. The summed E-state index contributed by atoms with van der Waals surface area (Å²) >= 11 is 0. The molecule has 0 aliphatic carbocycles. The van der Waals surface area contributed by atoms with E-state index in [1.165, 1.54) is 88.2 Å². The van der Waals surface area contributed by atoms with Gasteiger partial charge in [-0.25, -0.2) is 0 Å².